The second kappa shape index (κ2) is 4.29. The number of nitrogens with zero attached hydrogens (tertiary/aromatic N) is 1. The number of amides is 3. The molecule has 1 heterocycles. The van der Waals surface area contributed by atoms with Crippen molar-refractivity contribution < 1.29 is 9.59 Å². The van der Waals surface area contributed by atoms with Crippen LogP contribution in [0.15, 0.2) is 0 Å². The van der Waals surface area contributed by atoms with E-state index in [0.717, 1.165) is 19.3 Å². The number of nitrogens with one attached hydrogen (secondary N) is 1. The molecular weight excluding hydrogens is 218 g/mol. The zero-order valence-electron chi connectivity index (χ0n) is 10.5. The highest BCUT2D eigenvalue weighted by atomic mass is 16.2. The molecule has 3 N–H and O–H groups in total. The molecule has 2 aliphatic rings. The molecule has 0 aromatic heterocycles. The second-order valence-corrected chi connectivity index (χ2v) is 5.28. The molecule has 2 unspecified atom stereocenters. The third-order valence-electron chi connectivity index (χ3n) is 4.34. The predicted octanol–water partition coefficient (Wildman–Crippen LogP) is 0.692. The fourth-order valence-corrected chi connectivity index (χ4v) is 3.28. The quantitative estimate of drug-likeness (QED) is 0.696. The van der Waals surface area contributed by atoms with E-state index in [1.807, 2.05) is 0 Å². The van der Waals surface area contributed by atoms with E-state index in [0.29, 0.717) is 13.1 Å². The van der Waals surface area contributed by atoms with Crippen molar-refractivity contribution >= 4 is 11.9 Å². The van der Waals surface area contributed by atoms with E-state index in [9.17, 15) is 9.59 Å². The minimum absolute atomic E-state index is 0.0762. The summed E-state index contributed by atoms with van der Waals surface area (Å²) in [5.74, 6) is 0.323. The van der Waals surface area contributed by atoms with Crippen molar-refractivity contribution in [3.8, 4) is 0 Å². The Bertz CT molecular complexity index is 333. The molecule has 0 aromatic carbocycles. The van der Waals surface area contributed by atoms with Crippen molar-refractivity contribution in [2.75, 3.05) is 13.1 Å². The molecule has 3 amide bonds. The highest BCUT2D eigenvalue weighted by Gasteiger charge is 2.57. The summed E-state index contributed by atoms with van der Waals surface area (Å²) in [6.07, 6.45) is 3.11. The summed E-state index contributed by atoms with van der Waals surface area (Å²) in [5, 5.41) is 2.94. The first-order valence-electron chi connectivity index (χ1n) is 6.38. The first kappa shape index (κ1) is 12.4. The maximum atomic E-state index is 12.5. The van der Waals surface area contributed by atoms with Crippen LogP contribution in [0.2, 0.25) is 0 Å². The summed E-state index contributed by atoms with van der Waals surface area (Å²) < 4.78 is 0. The van der Waals surface area contributed by atoms with Crippen LogP contribution in [-0.4, -0.2) is 35.5 Å². The first-order valence-corrected chi connectivity index (χ1v) is 6.38. The van der Waals surface area contributed by atoms with Gasteiger partial charge >= 0.3 is 6.03 Å². The average Bonchev–Trinajstić information content (AvgIpc) is 2.53. The summed E-state index contributed by atoms with van der Waals surface area (Å²) in [4.78, 5) is 25.6. The van der Waals surface area contributed by atoms with Gasteiger partial charge in [0.2, 0.25) is 0 Å². The highest BCUT2D eigenvalue weighted by Crippen LogP contribution is 2.41. The standard InChI is InChI=1S/C12H21N3O2/c1-8-4-3-5-9(2)12(8)10(16)15(7-6-13)11(17)14-12/h8-9H,3-7,13H2,1-2H3,(H,14,17). The van der Waals surface area contributed by atoms with Gasteiger partial charge in [0.1, 0.15) is 5.54 Å². The largest absolute Gasteiger partial charge is 0.329 e. The van der Waals surface area contributed by atoms with E-state index in [1.54, 1.807) is 0 Å². The molecule has 0 aromatic rings. The molecule has 5 nitrogen and oxygen atoms in total. The van der Waals surface area contributed by atoms with Crippen LogP contribution < -0.4 is 11.1 Å². The van der Waals surface area contributed by atoms with E-state index in [-0.39, 0.29) is 23.8 Å². The minimum Gasteiger partial charge on any atom is -0.329 e. The second-order valence-electron chi connectivity index (χ2n) is 5.28. The van der Waals surface area contributed by atoms with Gasteiger partial charge < -0.3 is 11.1 Å². The van der Waals surface area contributed by atoms with E-state index in [2.05, 4.69) is 19.2 Å². The van der Waals surface area contributed by atoms with Crippen LogP contribution in [0.4, 0.5) is 4.79 Å². The number of imide groups is 1. The lowest BCUT2D eigenvalue weighted by Crippen LogP contribution is -2.59. The minimum atomic E-state index is -0.676. The summed E-state index contributed by atoms with van der Waals surface area (Å²) >= 11 is 0. The van der Waals surface area contributed by atoms with Crippen molar-refractivity contribution in [2.45, 2.75) is 38.6 Å². The van der Waals surface area contributed by atoms with Crippen LogP contribution in [0.5, 0.6) is 0 Å². The van der Waals surface area contributed by atoms with Gasteiger partial charge in [-0.05, 0) is 24.7 Å². The van der Waals surface area contributed by atoms with Gasteiger partial charge in [-0.25, -0.2) is 4.79 Å². The number of hydrogen-bond donors (Lipinski definition) is 2. The zero-order valence-corrected chi connectivity index (χ0v) is 10.5. The Hall–Kier alpha value is -1.10. The Kier molecular flexibility index (Phi) is 3.12. The molecule has 1 aliphatic carbocycles. The molecular formula is C12H21N3O2. The molecule has 2 fully saturated rings. The fourth-order valence-electron chi connectivity index (χ4n) is 3.28. The Morgan fingerprint density at radius 1 is 1.35 bits per heavy atom. The van der Waals surface area contributed by atoms with Gasteiger partial charge in [0, 0.05) is 13.1 Å². The summed E-state index contributed by atoms with van der Waals surface area (Å²) in [7, 11) is 0. The zero-order chi connectivity index (χ0) is 12.6. The molecule has 17 heavy (non-hydrogen) atoms. The van der Waals surface area contributed by atoms with Gasteiger partial charge in [0.15, 0.2) is 0 Å². The van der Waals surface area contributed by atoms with Gasteiger partial charge in [0.25, 0.3) is 5.91 Å². The van der Waals surface area contributed by atoms with Crippen molar-refractivity contribution in [2.24, 2.45) is 17.6 Å². The molecule has 5 heteroatoms. The van der Waals surface area contributed by atoms with Gasteiger partial charge in [-0.15, -0.1) is 0 Å². The number of rotatable bonds is 2. The lowest BCUT2D eigenvalue weighted by Gasteiger charge is -2.42. The van der Waals surface area contributed by atoms with Crippen LogP contribution in [-0.2, 0) is 4.79 Å². The number of urea groups is 1. The predicted molar refractivity (Wildman–Crippen MR) is 64.2 cm³/mol. The van der Waals surface area contributed by atoms with Crippen molar-refractivity contribution in [1.82, 2.24) is 10.2 Å². The van der Waals surface area contributed by atoms with Crippen LogP contribution >= 0.6 is 0 Å². The highest BCUT2D eigenvalue weighted by molar-refractivity contribution is 6.07. The third-order valence-corrected chi connectivity index (χ3v) is 4.34. The van der Waals surface area contributed by atoms with Gasteiger partial charge in [-0.3, -0.25) is 9.69 Å². The maximum absolute atomic E-state index is 12.5. The van der Waals surface area contributed by atoms with Crippen LogP contribution in [0, 0.1) is 11.8 Å². The van der Waals surface area contributed by atoms with Gasteiger partial charge in [-0.2, -0.15) is 0 Å². The Morgan fingerprint density at radius 2 is 1.94 bits per heavy atom. The van der Waals surface area contributed by atoms with Crippen LogP contribution in [0.1, 0.15) is 33.1 Å². The number of nitrogens with two attached hydrogens (primary N) is 1. The normalized spacial score (nSPS) is 37.7. The lowest BCUT2D eigenvalue weighted by atomic mass is 9.67. The molecule has 0 radical (unpaired) electrons. The van der Waals surface area contributed by atoms with Crippen LogP contribution in [0.25, 0.3) is 0 Å². The molecule has 2 atom stereocenters. The maximum Gasteiger partial charge on any atom is 0.325 e. The topological polar surface area (TPSA) is 75.4 Å². The number of carbonyl (C=O) groups excluding carboxylic acids is 2. The van der Waals surface area contributed by atoms with Gasteiger partial charge in [0.05, 0.1) is 0 Å². The molecule has 1 spiro atoms. The molecule has 1 saturated carbocycles. The Morgan fingerprint density at radius 3 is 2.47 bits per heavy atom. The summed E-state index contributed by atoms with van der Waals surface area (Å²) in [6.45, 7) is 4.74. The van der Waals surface area contributed by atoms with E-state index < -0.39 is 5.54 Å². The van der Waals surface area contributed by atoms with E-state index >= 15 is 0 Å². The molecule has 1 aliphatic heterocycles. The molecule has 96 valence electrons. The van der Waals surface area contributed by atoms with Gasteiger partial charge in [-0.1, -0.05) is 20.3 Å². The summed E-state index contributed by atoms with van der Waals surface area (Å²) in [5.41, 5.74) is 4.77. The van der Waals surface area contributed by atoms with Crippen molar-refractivity contribution in [3.05, 3.63) is 0 Å². The fraction of sp³-hybridized carbons (Fsp3) is 0.833. The number of hydrogen-bond acceptors (Lipinski definition) is 3. The van der Waals surface area contributed by atoms with Crippen LogP contribution in [0.3, 0.4) is 0 Å². The van der Waals surface area contributed by atoms with E-state index in [4.69, 9.17) is 5.73 Å². The Balaban J connectivity index is 2.31. The smallest absolute Gasteiger partial charge is 0.325 e. The Labute approximate surface area is 102 Å². The van der Waals surface area contributed by atoms with Crippen molar-refractivity contribution in [3.63, 3.8) is 0 Å². The third kappa shape index (κ3) is 1.64. The molecule has 1 saturated heterocycles. The summed E-state index contributed by atoms with van der Waals surface area (Å²) in [6, 6.07) is -0.277. The molecule has 0 bridgehead atoms. The first-order chi connectivity index (χ1) is 8.04. The lowest BCUT2D eigenvalue weighted by molar-refractivity contribution is -0.136. The number of carbonyl (C=O) groups is 2. The average molecular weight is 239 g/mol. The monoisotopic (exact) mass is 239 g/mol. The van der Waals surface area contributed by atoms with E-state index in [1.165, 1.54) is 4.90 Å². The van der Waals surface area contributed by atoms with Crippen molar-refractivity contribution in [1.29, 1.82) is 0 Å². The molecule has 2 rings (SSSR count). The SMILES string of the molecule is CC1CCCC(C)C12NC(=O)N(CCN)C2=O.